The Kier molecular flexibility index (Phi) is 4.79. The fourth-order valence-corrected chi connectivity index (χ4v) is 1.58. The van der Waals surface area contributed by atoms with Crippen LogP contribution in [-0.2, 0) is 4.79 Å². The van der Waals surface area contributed by atoms with Gasteiger partial charge in [-0.25, -0.2) is 0 Å². The number of amides is 1. The van der Waals surface area contributed by atoms with Gasteiger partial charge in [0.2, 0.25) is 5.91 Å². The summed E-state index contributed by atoms with van der Waals surface area (Å²) in [7, 11) is 0. The van der Waals surface area contributed by atoms with Gasteiger partial charge in [-0.2, -0.15) is 0 Å². The Bertz CT molecular complexity index is 446. The van der Waals surface area contributed by atoms with Crippen LogP contribution in [0.2, 0.25) is 0 Å². The van der Waals surface area contributed by atoms with E-state index < -0.39 is 11.0 Å². The molecule has 1 amide bonds. The molecule has 6 nitrogen and oxygen atoms in total. The number of benzene rings is 1. The maximum absolute atomic E-state index is 11.5. The molecule has 1 rings (SSSR count). The summed E-state index contributed by atoms with van der Waals surface area (Å²) in [5.74, 6) is -0.270. The predicted octanol–water partition coefficient (Wildman–Crippen LogP) is 1.51. The first-order valence-corrected chi connectivity index (χ1v) is 5.76. The van der Waals surface area contributed by atoms with Crippen molar-refractivity contribution < 1.29 is 9.72 Å². The van der Waals surface area contributed by atoms with Gasteiger partial charge in [-0.3, -0.25) is 14.9 Å². The van der Waals surface area contributed by atoms with Gasteiger partial charge >= 0.3 is 0 Å². The first kappa shape index (κ1) is 14.1. The van der Waals surface area contributed by atoms with E-state index in [2.05, 4.69) is 5.32 Å². The molecule has 0 aliphatic carbocycles. The van der Waals surface area contributed by atoms with E-state index in [4.69, 9.17) is 5.73 Å². The molecule has 1 aromatic rings. The molecule has 0 radical (unpaired) electrons. The van der Waals surface area contributed by atoms with E-state index in [9.17, 15) is 14.9 Å². The van der Waals surface area contributed by atoms with Crippen LogP contribution in [-0.4, -0.2) is 16.9 Å². The standard InChI is InChI=1S/C12H17N3O3/c1-3-11(14-12(16)8(2)13)9-5-4-6-10(7-9)15(17)18/h4-8,11H,3,13H2,1-2H3,(H,14,16)/t8-,11?/m0/s1. The number of hydrogen-bond donors (Lipinski definition) is 2. The average molecular weight is 251 g/mol. The Morgan fingerprint density at radius 2 is 2.22 bits per heavy atom. The quantitative estimate of drug-likeness (QED) is 0.612. The summed E-state index contributed by atoms with van der Waals surface area (Å²) in [5, 5.41) is 13.5. The number of non-ortho nitro benzene ring substituents is 1. The largest absolute Gasteiger partial charge is 0.348 e. The Labute approximate surface area is 105 Å². The molecule has 1 unspecified atom stereocenters. The molecule has 2 atom stereocenters. The second kappa shape index (κ2) is 6.11. The van der Waals surface area contributed by atoms with E-state index in [0.717, 1.165) is 0 Å². The maximum atomic E-state index is 11.5. The van der Waals surface area contributed by atoms with Crippen LogP contribution < -0.4 is 11.1 Å². The second-order valence-electron chi connectivity index (χ2n) is 4.11. The van der Waals surface area contributed by atoms with Crippen LogP contribution in [0.25, 0.3) is 0 Å². The van der Waals surface area contributed by atoms with E-state index in [0.29, 0.717) is 12.0 Å². The minimum absolute atomic E-state index is 0.0148. The van der Waals surface area contributed by atoms with Crippen LogP contribution in [0.15, 0.2) is 24.3 Å². The number of nitro benzene ring substituents is 1. The number of hydrogen-bond acceptors (Lipinski definition) is 4. The third kappa shape index (κ3) is 3.53. The van der Waals surface area contributed by atoms with Crippen LogP contribution >= 0.6 is 0 Å². The smallest absolute Gasteiger partial charge is 0.269 e. The highest BCUT2D eigenvalue weighted by Gasteiger charge is 2.17. The van der Waals surface area contributed by atoms with Crippen molar-refractivity contribution in [2.75, 3.05) is 0 Å². The third-order valence-corrected chi connectivity index (χ3v) is 2.62. The molecule has 98 valence electrons. The summed E-state index contributed by atoms with van der Waals surface area (Å²) < 4.78 is 0. The van der Waals surface area contributed by atoms with E-state index in [1.165, 1.54) is 12.1 Å². The first-order valence-electron chi connectivity index (χ1n) is 5.76. The Morgan fingerprint density at radius 1 is 1.56 bits per heavy atom. The van der Waals surface area contributed by atoms with Crippen molar-refractivity contribution in [3.05, 3.63) is 39.9 Å². The number of nitrogens with zero attached hydrogens (tertiary/aromatic N) is 1. The molecule has 0 aliphatic heterocycles. The van der Waals surface area contributed by atoms with Crippen molar-refractivity contribution in [1.29, 1.82) is 0 Å². The zero-order valence-electron chi connectivity index (χ0n) is 10.4. The van der Waals surface area contributed by atoms with Gasteiger partial charge in [-0.1, -0.05) is 19.1 Å². The summed E-state index contributed by atoms with van der Waals surface area (Å²) in [4.78, 5) is 21.8. The topological polar surface area (TPSA) is 98.3 Å². The Balaban J connectivity index is 2.91. The number of carbonyl (C=O) groups excluding carboxylic acids is 1. The lowest BCUT2D eigenvalue weighted by Gasteiger charge is -2.18. The predicted molar refractivity (Wildman–Crippen MR) is 67.9 cm³/mol. The van der Waals surface area contributed by atoms with Gasteiger partial charge < -0.3 is 11.1 Å². The molecule has 0 spiro atoms. The molecule has 0 saturated carbocycles. The highest BCUT2D eigenvalue weighted by molar-refractivity contribution is 5.81. The van der Waals surface area contributed by atoms with E-state index in [1.54, 1.807) is 19.1 Å². The highest BCUT2D eigenvalue weighted by Crippen LogP contribution is 2.21. The van der Waals surface area contributed by atoms with Crippen LogP contribution in [0.4, 0.5) is 5.69 Å². The summed E-state index contributed by atoms with van der Waals surface area (Å²) in [6.07, 6.45) is 0.639. The molecule has 1 aromatic carbocycles. The van der Waals surface area contributed by atoms with Crippen LogP contribution in [0, 0.1) is 10.1 Å². The maximum Gasteiger partial charge on any atom is 0.269 e. The number of nitrogens with one attached hydrogen (secondary N) is 1. The molecule has 0 aliphatic rings. The van der Waals surface area contributed by atoms with Crippen molar-refractivity contribution in [3.8, 4) is 0 Å². The normalized spacial score (nSPS) is 13.7. The minimum Gasteiger partial charge on any atom is -0.348 e. The molecule has 0 heterocycles. The second-order valence-corrected chi connectivity index (χ2v) is 4.11. The number of nitro groups is 1. The Hall–Kier alpha value is -1.95. The highest BCUT2D eigenvalue weighted by atomic mass is 16.6. The van der Waals surface area contributed by atoms with Crippen LogP contribution in [0.3, 0.4) is 0 Å². The summed E-state index contributed by atoms with van der Waals surface area (Å²) in [5.41, 5.74) is 6.20. The number of rotatable bonds is 5. The number of carbonyl (C=O) groups is 1. The zero-order chi connectivity index (χ0) is 13.7. The van der Waals surface area contributed by atoms with Gasteiger partial charge in [-0.15, -0.1) is 0 Å². The van der Waals surface area contributed by atoms with Crippen molar-refractivity contribution >= 4 is 11.6 Å². The van der Waals surface area contributed by atoms with Crippen molar-refractivity contribution in [3.63, 3.8) is 0 Å². The van der Waals surface area contributed by atoms with Crippen molar-refractivity contribution in [2.24, 2.45) is 5.73 Å². The fraction of sp³-hybridized carbons (Fsp3) is 0.417. The minimum atomic E-state index is -0.599. The molecular weight excluding hydrogens is 234 g/mol. The van der Waals surface area contributed by atoms with Crippen molar-refractivity contribution in [2.45, 2.75) is 32.4 Å². The third-order valence-electron chi connectivity index (χ3n) is 2.62. The molecule has 0 aromatic heterocycles. The van der Waals surface area contributed by atoms with E-state index >= 15 is 0 Å². The molecular formula is C12H17N3O3. The SMILES string of the molecule is CCC(NC(=O)[C@H](C)N)c1cccc([N+](=O)[O-])c1. The molecule has 18 heavy (non-hydrogen) atoms. The molecule has 0 fully saturated rings. The van der Waals surface area contributed by atoms with Gasteiger partial charge in [0.15, 0.2) is 0 Å². The van der Waals surface area contributed by atoms with Gasteiger partial charge in [0, 0.05) is 12.1 Å². The van der Waals surface area contributed by atoms with Gasteiger partial charge in [0.1, 0.15) is 0 Å². The van der Waals surface area contributed by atoms with Crippen molar-refractivity contribution in [1.82, 2.24) is 5.32 Å². The van der Waals surface area contributed by atoms with Crippen LogP contribution in [0.1, 0.15) is 31.9 Å². The van der Waals surface area contributed by atoms with Crippen LogP contribution in [0.5, 0.6) is 0 Å². The lowest BCUT2D eigenvalue weighted by molar-refractivity contribution is -0.384. The average Bonchev–Trinajstić information content (AvgIpc) is 2.35. The molecule has 0 saturated heterocycles. The summed E-state index contributed by atoms with van der Waals surface area (Å²) >= 11 is 0. The lowest BCUT2D eigenvalue weighted by atomic mass is 10.0. The lowest BCUT2D eigenvalue weighted by Crippen LogP contribution is -2.40. The molecule has 3 N–H and O–H groups in total. The zero-order valence-corrected chi connectivity index (χ0v) is 10.4. The van der Waals surface area contributed by atoms with Gasteiger partial charge in [0.25, 0.3) is 5.69 Å². The van der Waals surface area contributed by atoms with E-state index in [-0.39, 0.29) is 17.6 Å². The van der Waals surface area contributed by atoms with E-state index in [1.807, 2.05) is 6.92 Å². The van der Waals surface area contributed by atoms with Gasteiger partial charge in [-0.05, 0) is 18.9 Å². The molecule has 0 bridgehead atoms. The molecule has 6 heteroatoms. The first-order chi connectivity index (χ1) is 8.45. The summed E-state index contributed by atoms with van der Waals surface area (Å²) in [6, 6.07) is 5.39. The number of nitrogens with two attached hydrogens (primary N) is 1. The fourth-order valence-electron chi connectivity index (χ4n) is 1.58. The van der Waals surface area contributed by atoms with Gasteiger partial charge in [0.05, 0.1) is 17.0 Å². The summed E-state index contributed by atoms with van der Waals surface area (Å²) in [6.45, 7) is 3.49. The monoisotopic (exact) mass is 251 g/mol. The Morgan fingerprint density at radius 3 is 2.72 bits per heavy atom.